The predicted octanol–water partition coefficient (Wildman–Crippen LogP) is 3.15. The minimum absolute atomic E-state index is 0.0989. The lowest BCUT2D eigenvalue weighted by molar-refractivity contribution is 0.104. The Morgan fingerprint density at radius 3 is 2.62 bits per heavy atom. The molecule has 1 aliphatic carbocycles. The normalized spacial score (nSPS) is 12.5. The molecular weight excluding hydrogens is 262 g/mol. The van der Waals surface area contributed by atoms with E-state index in [9.17, 15) is 4.79 Å². The van der Waals surface area contributed by atoms with Gasteiger partial charge in [-0.1, -0.05) is 18.2 Å². The fourth-order valence-electron chi connectivity index (χ4n) is 2.72. The molecule has 0 heterocycles. The van der Waals surface area contributed by atoms with E-state index < -0.39 is 0 Å². The van der Waals surface area contributed by atoms with Crippen molar-refractivity contribution in [3.63, 3.8) is 0 Å². The van der Waals surface area contributed by atoms with Crippen LogP contribution >= 0.6 is 0 Å². The van der Waals surface area contributed by atoms with Crippen LogP contribution in [0.5, 0.6) is 5.75 Å². The molecular formula is C18H19NO2. The SMILES string of the molecule is Cc1cccc2c1-c1ccc(OCCN(C)C)cc1C2=O. The van der Waals surface area contributed by atoms with Crippen LogP contribution in [-0.4, -0.2) is 37.9 Å². The van der Waals surface area contributed by atoms with Crippen LogP contribution in [-0.2, 0) is 0 Å². The van der Waals surface area contributed by atoms with Crippen LogP contribution in [0.3, 0.4) is 0 Å². The van der Waals surface area contributed by atoms with Crippen molar-refractivity contribution in [2.45, 2.75) is 6.92 Å². The number of aryl methyl sites for hydroxylation is 1. The fraction of sp³-hybridized carbons (Fsp3) is 0.278. The molecule has 0 unspecified atom stereocenters. The van der Waals surface area contributed by atoms with Crippen LogP contribution < -0.4 is 4.74 Å². The third-order valence-corrected chi connectivity index (χ3v) is 3.83. The molecule has 0 aliphatic heterocycles. The van der Waals surface area contributed by atoms with Gasteiger partial charge in [-0.15, -0.1) is 0 Å². The Kier molecular flexibility index (Phi) is 3.52. The number of benzene rings is 2. The van der Waals surface area contributed by atoms with Gasteiger partial charge in [0.2, 0.25) is 0 Å². The molecule has 0 fully saturated rings. The van der Waals surface area contributed by atoms with E-state index in [2.05, 4.69) is 4.90 Å². The second kappa shape index (κ2) is 5.34. The van der Waals surface area contributed by atoms with Gasteiger partial charge in [0.15, 0.2) is 5.78 Å². The summed E-state index contributed by atoms with van der Waals surface area (Å²) in [6.45, 7) is 3.51. The maximum atomic E-state index is 12.5. The van der Waals surface area contributed by atoms with Crippen molar-refractivity contribution in [2.24, 2.45) is 0 Å². The lowest BCUT2D eigenvalue weighted by atomic mass is 10.0. The number of hydrogen-bond acceptors (Lipinski definition) is 3. The van der Waals surface area contributed by atoms with Gasteiger partial charge in [0.25, 0.3) is 0 Å². The number of rotatable bonds is 4. The van der Waals surface area contributed by atoms with E-state index in [1.165, 1.54) is 0 Å². The highest BCUT2D eigenvalue weighted by Gasteiger charge is 2.27. The zero-order valence-corrected chi connectivity index (χ0v) is 12.6. The predicted molar refractivity (Wildman–Crippen MR) is 84.1 cm³/mol. The Labute approximate surface area is 125 Å². The molecule has 0 bridgehead atoms. The summed E-state index contributed by atoms with van der Waals surface area (Å²) in [6.07, 6.45) is 0. The molecule has 0 N–H and O–H groups in total. The number of fused-ring (bicyclic) bond motifs is 3. The summed E-state index contributed by atoms with van der Waals surface area (Å²) in [5, 5.41) is 0. The summed E-state index contributed by atoms with van der Waals surface area (Å²) >= 11 is 0. The van der Waals surface area contributed by atoms with Gasteiger partial charge in [0.05, 0.1) is 0 Å². The van der Waals surface area contributed by atoms with Crippen LogP contribution in [0, 0.1) is 6.92 Å². The second-order valence-electron chi connectivity index (χ2n) is 5.69. The fourth-order valence-corrected chi connectivity index (χ4v) is 2.72. The van der Waals surface area contributed by atoms with E-state index in [0.717, 1.165) is 40.1 Å². The highest BCUT2D eigenvalue weighted by molar-refractivity contribution is 6.22. The van der Waals surface area contributed by atoms with E-state index in [1.807, 2.05) is 57.4 Å². The van der Waals surface area contributed by atoms with Gasteiger partial charge >= 0.3 is 0 Å². The van der Waals surface area contributed by atoms with Crippen molar-refractivity contribution in [1.29, 1.82) is 0 Å². The molecule has 2 aromatic rings. The van der Waals surface area contributed by atoms with Gasteiger partial charge in [0, 0.05) is 17.7 Å². The van der Waals surface area contributed by atoms with Crippen molar-refractivity contribution in [2.75, 3.05) is 27.2 Å². The summed E-state index contributed by atoms with van der Waals surface area (Å²) in [7, 11) is 4.02. The van der Waals surface area contributed by atoms with E-state index in [4.69, 9.17) is 4.74 Å². The molecule has 2 aromatic carbocycles. The summed E-state index contributed by atoms with van der Waals surface area (Å²) in [5.74, 6) is 0.858. The van der Waals surface area contributed by atoms with Gasteiger partial charge in [-0.05, 0) is 55.9 Å². The second-order valence-corrected chi connectivity index (χ2v) is 5.69. The van der Waals surface area contributed by atoms with Crippen molar-refractivity contribution in [3.05, 3.63) is 53.1 Å². The third-order valence-electron chi connectivity index (χ3n) is 3.83. The summed E-state index contributed by atoms with van der Waals surface area (Å²) < 4.78 is 5.73. The molecule has 0 aromatic heterocycles. The lowest BCUT2D eigenvalue weighted by Crippen LogP contribution is -2.19. The van der Waals surface area contributed by atoms with Crippen LogP contribution in [0.4, 0.5) is 0 Å². The molecule has 21 heavy (non-hydrogen) atoms. The molecule has 0 amide bonds. The Bertz CT molecular complexity index is 704. The van der Waals surface area contributed by atoms with Gasteiger partial charge in [-0.2, -0.15) is 0 Å². The van der Waals surface area contributed by atoms with Crippen molar-refractivity contribution in [3.8, 4) is 16.9 Å². The van der Waals surface area contributed by atoms with Gasteiger partial charge in [-0.25, -0.2) is 0 Å². The Balaban J connectivity index is 1.92. The van der Waals surface area contributed by atoms with Gasteiger partial charge in [0.1, 0.15) is 12.4 Å². The average molecular weight is 281 g/mol. The van der Waals surface area contributed by atoms with E-state index >= 15 is 0 Å². The summed E-state index contributed by atoms with van der Waals surface area (Å²) in [4.78, 5) is 14.6. The quantitative estimate of drug-likeness (QED) is 0.736. The first-order valence-corrected chi connectivity index (χ1v) is 7.14. The van der Waals surface area contributed by atoms with Crippen LogP contribution in [0.1, 0.15) is 21.5 Å². The monoisotopic (exact) mass is 281 g/mol. The van der Waals surface area contributed by atoms with E-state index in [1.54, 1.807) is 0 Å². The average Bonchev–Trinajstić information content (AvgIpc) is 2.73. The molecule has 1 aliphatic rings. The van der Waals surface area contributed by atoms with Crippen molar-refractivity contribution in [1.82, 2.24) is 4.90 Å². The number of ketones is 1. The first-order chi connectivity index (χ1) is 10.1. The Morgan fingerprint density at radius 2 is 1.86 bits per heavy atom. The molecule has 3 heteroatoms. The first kappa shape index (κ1) is 13.8. The number of nitrogens with zero attached hydrogens (tertiary/aromatic N) is 1. The molecule has 108 valence electrons. The molecule has 0 radical (unpaired) electrons. The smallest absolute Gasteiger partial charge is 0.194 e. The first-order valence-electron chi connectivity index (χ1n) is 7.14. The molecule has 3 rings (SSSR count). The lowest BCUT2D eigenvalue weighted by Gasteiger charge is -2.11. The van der Waals surface area contributed by atoms with E-state index in [0.29, 0.717) is 6.61 Å². The van der Waals surface area contributed by atoms with Crippen molar-refractivity contribution >= 4 is 5.78 Å². The number of carbonyl (C=O) groups is 1. The van der Waals surface area contributed by atoms with Crippen LogP contribution in [0.25, 0.3) is 11.1 Å². The largest absolute Gasteiger partial charge is 0.492 e. The minimum atomic E-state index is 0.0989. The van der Waals surface area contributed by atoms with Gasteiger partial charge < -0.3 is 9.64 Å². The molecule has 0 saturated carbocycles. The molecule has 0 spiro atoms. The third kappa shape index (κ3) is 2.45. The minimum Gasteiger partial charge on any atom is -0.492 e. The zero-order valence-electron chi connectivity index (χ0n) is 12.6. The van der Waals surface area contributed by atoms with Crippen molar-refractivity contribution < 1.29 is 9.53 Å². The highest BCUT2D eigenvalue weighted by Crippen LogP contribution is 2.40. The zero-order chi connectivity index (χ0) is 15.0. The highest BCUT2D eigenvalue weighted by atomic mass is 16.5. The number of carbonyl (C=O) groups excluding carboxylic acids is 1. The number of hydrogen-bond donors (Lipinski definition) is 0. The van der Waals surface area contributed by atoms with Crippen LogP contribution in [0.15, 0.2) is 36.4 Å². The maximum absolute atomic E-state index is 12.5. The molecule has 0 atom stereocenters. The Morgan fingerprint density at radius 1 is 1.05 bits per heavy atom. The van der Waals surface area contributed by atoms with Gasteiger partial charge in [-0.3, -0.25) is 4.79 Å². The standard InChI is InChI=1S/C18H19NO2/c1-12-5-4-6-15-17(12)14-8-7-13(11-16(14)18(15)20)21-10-9-19(2)3/h4-8,11H,9-10H2,1-3H3. The molecule has 0 saturated heterocycles. The summed E-state index contributed by atoms with van der Waals surface area (Å²) in [5.41, 5.74) is 4.78. The number of likely N-dealkylation sites (N-methyl/N-ethyl adjacent to an activating group) is 1. The Hall–Kier alpha value is -2.13. The molecule has 3 nitrogen and oxygen atoms in total. The number of ether oxygens (including phenoxy) is 1. The topological polar surface area (TPSA) is 29.5 Å². The van der Waals surface area contributed by atoms with E-state index in [-0.39, 0.29) is 5.78 Å². The van der Waals surface area contributed by atoms with Crippen LogP contribution in [0.2, 0.25) is 0 Å². The maximum Gasteiger partial charge on any atom is 0.194 e. The summed E-state index contributed by atoms with van der Waals surface area (Å²) in [6, 6.07) is 11.7.